The van der Waals surface area contributed by atoms with E-state index in [1.807, 2.05) is 0 Å². The van der Waals surface area contributed by atoms with Crippen LogP contribution in [0.2, 0.25) is 0 Å². The molecule has 0 heterocycles. The second-order valence-electron chi connectivity index (χ2n) is 0.625. The normalized spacial score (nSPS) is 5.00. The van der Waals surface area contributed by atoms with Gasteiger partial charge in [-0.2, -0.15) is 0 Å². The van der Waals surface area contributed by atoms with E-state index in [1.165, 1.54) is 6.92 Å². The van der Waals surface area contributed by atoms with E-state index in [0.29, 0.717) is 0 Å². The van der Waals surface area contributed by atoms with E-state index in [0.717, 1.165) is 0 Å². The van der Waals surface area contributed by atoms with Gasteiger partial charge in [0, 0.05) is 0 Å². The van der Waals surface area contributed by atoms with Crippen LogP contribution >= 0.6 is 0 Å². The van der Waals surface area contributed by atoms with Crippen molar-refractivity contribution in [3.05, 3.63) is 5.73 Å². The van der Waals surface area contributed by atoms with Gasteiger partial charge in [-0.1, -0.05) is 5.84 Å². The summed E-state index contributed by atoms with van der Waals surface area (Å²) in [4.78, 5) is 0. The minimum absolute atomic E-state index is 0. The van der Waals surface area contributed by atoms with E-state index in [1.54, 1.807) is 0 Å². The molecule has 0 aliphatic heterocycles. The molecule has 3 heteroatoms. The Hall–Kier alpha value is 0.470. The Kier molecular flexibility index (Phi) is 8.11. The molecule has 0 saturated heterocycles. The quantitative estimate of drug-likeness (QED) is 0.199. The molecule has 0 aliphatic rings. The van der Waals surface area contributed by atoms with Gasteiger partial charge in [-0.15, -0.1) is 0 Å². The third-order valence-electron chi connectivity index (χ3n) is 0. The Balaban J connectivity index is 0. The third-order valence-corrected chi connectivity index (χ3v) is 0. The van der Waals surface area contributed by atoms with Gasteiger partial charge in [-0.3, -0.25) is 0 Å². The van der Waals surface area contributed by atoms with Gasteiger partial charge in [0.2, 0.25) is 0 Å². The molecule has 0 atom stereocenters. The first-order chi connectivity index (χ1) is 1.73. The van der Waals surface area contributed by atoms with E-state index in [2.05, 4.69) is 0 Å². The van der Waals surface area contributed by atoms with Crippen LogP contribution in [0.4, 0.5) is 0 Å². The molecule has 5 heavy (non-hydrogen) atoms. The average molecular weight is 80.1 g/mol. The Morgan fingerprint density at radius 3 is 1.80 bits per heavy atom. The van der Waals surface area contributed by atoms with Gasteiger partial charge >= 0.3 is 29.6 Å². The summed E-state index contributed by atoms with van der Waals surface area (Å²) in [5, 5.41) is 6.17. The van der Waals surface area contributed by atoms with Crippen LogP contribution in [0.3, 0.4) is 0 Å². The van der Waals surface area contributed by atoms with Crippen molar-refractivity contribution in [2.24, 2.45) is 0 Å². The van der Waals surface area contributed by atoms with Crippen LogP contribution in [-0.2, 0) is 0 Å². The van der Waals surface area contributed by atoms with Crippen LogP contribution in [0.15, 0.2) is 0 Å². The molecule has 24 valence electrons. The second-order valence-corrected chi connectivity index (χ2v) is 0.625. The summed E-state index contributed by atoms with van der Waals surface area (Å²) in [6.45, 7) is 1.42. The van der Waals surface area contributed by atoms with E-state index < -0.39 is 0 Å². The van der Waals surface area contributed by atoms with E-state index in [-0.39, 0.29) is 35.4 Å². The molecule has 0 unspecified atom stereocenters. The molecule has 0 bridgehead atoms. The third kappa shape index (κ3) is 123. The van der Waals surface area contributed by atoms with E-state index >= 15 is 0 Å². The van der Waals surface area contributed by atoms with Gasteiger partial charge in [0.25, 0.3) is 0 Å². The van der Waals surface area contributed by atoms with E-state index in [9.17, 15) is 0 Å². The summed E-state index contributed by atoms with van der Waals surface area (Å²) in [6, 6.07) is 0. The molecule has 0 aromatic heterocycles. The zero-order valence-corrected chi connectivity index (χ0v) is 5.50. The number of rotatable bonds is 0. The van der Waals surface area contributed by atoms with Crippen LogP contribution in [0.1, 0.15) is 6.92 Å². The SMILES string of the molecule is CC(=N)[NH-].[Na+]. The molecule has 2 nitrogen and oxygen atoms in total. The van der Waals surface area contributed by atoms with Crippen molar-refractivity contribution < 1.29 is 29.6 Å². The molecule has 0 aliphatic carbocycles. The Bertz CT molecular complexity index is 30.6. The van der Waals surface area contributed by atoms with Gasteiger partial charge in [0.1, 0.15) is 0 Å². The van der Waals surface area contributed by atoms with Gasteiger partial charge in [0.05, 0.1) is 0 Å². The zero-order chi connectivity index (χ0) is 3.58. The summed E-state index contributed by atoms with van der Waals surface area (Å²) in [5.41, 5.74) is 6.17. The van der Waals surface area contributed by atoms with Crippen molar-refractivity contribution in [3.63, 3.8) is 0 Å². The van der Waals surface area contributed by atoms with Crippen molar-refractivity contribution in [2.45, 2.75) is 6.92 Å². The summed E-state index contributed by atoms with van der Waals surface area (Å²) in [7, 11) is 0. The Morgan fingerprint density at radius 2 is 1.80 bits per heavy atom. The predicted octanol–water partition coefficient (Wildman–Crippen LogP) is -1.96. The fourth-order valence-corrected chi connectivity index (χ4v) is 0. The number of amidine groups is 1. The van der Waals surface area contributed by atoms with Gasteiger partial charge in [-0.25, -0.2) is 0 Å². The molecule has 0 saturated carbocycles. The molecule has 2 N–H and O–H groups in total. The fraction of sp³-hybridized carbons (Fsp3) is 0.500. The molecule has 0 fully saturated rings. The molecule has 0 rings (SSSR count). The first-order valence-corrected chi connectivity index (χ1v) is 1.00. The maximum Gasteiger partial charge on any atom is 1.00 e. The number of hydrogen-bond acceptors (Lipinski definition) is 1. The standard InChI is InChI=1S/C2H5N2.Na/c1-2(3)4;/h1H3,(H2-,3,4);/q-1;+1. The summed E-state index contributed by atoms with van der Waals surface area (Å²) in [6.07, 6.45) is 0. The van der Waals surface area contributed by atoms with Gasteiger partial charge in [0.15, 0.2) is 0 Å². The minimum atomic E-state index is -0.0833. The van der Waals surface area contributed by atoms with Crippen LogP contribution in [0.5, 0.6) is 0 Å². The predicted molar refractivity (Wildman–Crippen MR) is 17.7 cm³/mol. The topological polar surface area (TPSA) is 47.7 Å². The van der Waals surface area contributed by atoms with Crippen molar-refractivity contribution in [1.29, 1.82) is 5.41 Å². The number of hydrogen-bond donors (Lipinski definition) is 1. The van der Waals surface area contributed by atoms with Gasteiger partial charge in [-0.05, 0) is 6.92 Å². The molecule has 0 spiro atoms. The maximum atomic E-state index is 6.17. The zero-order valence-electron chi connectivity index (χ0n) is 3.50. The summed E-state index contributed by atoms with van der Waals surface area (Å²) in [5.74, 6) is -0.0833. The maximum absolute atomic E-state index is 6.17. The van der Waals surface area contributed by atoms with Crippen molar-refractivity contribution in [1.82, 2.24) is 0 Å². The van der Waals surface area contributed by atoms with Crippen molar-refractivity contribution in [3.8, 4) is 0 Å². The first kappa shape index (κ1) is 9.08. The van der Waals surface area contributed by atoms with Crippen LogP contribution in [0, 0.1) is 5.41 Å². The number of nitrogens with one attached hydrogen (secondary N) is 2. The monoisotopic (exact) mass is 80.0 g/mol. The van der Waals surface area contributed by atoms with Crippen LogP contribution in [-0.4, -0.2) is 5.84 Å². The molecule has 0 radical (unpaired) electrons. The van der Waals surface area contributed by atoms with Crippen molar-refractivity contribution in [2.75, 3.05) is 0 Å². The minimum Gasteiger partial charge on any atom is -0.486 e. The molecular formula is C2H5N2Na. The summed E-state index contributed by atoms with van der Waals surface area (Å²) >= 11 is 0. The Labute approximate surface area is 53.5 Å². The Morgan fingerprint density at radius 1 is 1.80 bits per heavy atom. The van der Waals surface area contributed by atoms with Crippen molar-refractivity contribution >= 4 is 5.84 Å². The second kappa shape index (κ2) is 4.47. The smallest absolute Gasteiger partial charge is 0.486 e. The fourth-order valence-electron chi connectivity index (χ4n) is 0. The largest absolute Gasteiger partial charge is 1.00 e. The molecule has 0 amide bonds. The average Bonchev–Trinajstić information content (AvgIpc) is 0.811. The molecule has 0 aromatic rings. The van der Waals surface area contributed by atoms with Gasteiger partial charge < -0.3 is 11.1 Å². The van der Waals surface area contributed by atoms with Crippen LogP contribution < -0.4 is 29.6 Å². The van der Waals surface area contributed by atoms with Crippen LogP contribution in [0.25, 0.3) is 5.73 Å². The molecule has 0 aromatic carbocycles. The molecular weight excluding hydrogens is 75.0 g/mol. The van der Waals surface area contributed by atoms with E-state index in [4.69, 9.17) is 11.1 Å². The first-order valence-electron chi connectivity index (χ1n) is 1.00. The summed E-state index contributed by atoms with van der Waals surface area (Å²) < 4.78 is 0.